The van der Waals surface area contributed by atoms with Crippen LogP contribution in [0.3, 0.4) is 0 Å². The Kier molecular flexibility index (Phi) is 4.22. The predicted molar refractivity (Wildman–Crippen MR) is 96.9 cm³/mol. The molecule has 136 valence electrons. The van der Waals surface area contributed by atoms with Crippen LogP contribution < -0.4 is 10.5 Å². The van der Waals surface area contributed by atoms with E-state index >= 15 is 0 Å². The minimum atomic E-state index is -0.316. The van der Waals surface area contributed by atoms with Crippen LogP contribution in [0.5, 0.6) is 0 Å². The van der Waals surface area contributed by atoms with Crippen molar-refractivity contribution in [2.75, 3.05) is 18.0 Å². The molecule has 1 saturated heterocycles. The maximum atomic E-state index is 13.3. The van der Waals surface area contributed by atoms with E-state index in [0.29, 0.717) is 35.1 Å². The Labute approximate surface area is 150 Å². The number of hydrogen-bond acceptors (Lipinski definition) is 5. The van der Waals surface area contributed by atoms with E-state index in [4.69, 9.17) is 4.42 Å². The lowest BCUT2D eigenvalue weighted by Gasteiger charge is -2.31. The summed E-state index contributed by atoms with van der Waals surface area (Å²) < 4.78 is 20.8. The van der Waals surface area contributed by atoms with Gasteiger partial charge in [0.05, 0.1) is 6.33 Å². The number of halogens is 1. The number of hydrogen-bond donors (Lipinski definition) is 0. The van der Waals surface area contributed by atoms with Crippen LogP contribution in [0, 0.1) is 25.6 Å². The second-order valence-corrected chi connectivity index (χ2v) is 6.95. The quantitative estimate of drug-likeness (QED) is 0.722. The molecule has 4 rings (SSSR count). The highest BCUT2D eigenvalue weighted by Gasteiger charge is 2.23. The summed E-state index contributed by atoms with van der Waals surface area (Å²) in [7, 11) is 0. The van der Waals surface area contributed by atoms with Crippen molar-refractivity contribution >= 4 is 17.1 Å². The summed E-state index contributed by atoms with van der Waals surface area (Å²) in [5.41, 5.74) is 2.67. The number of fused-ring (bicyclic) bond motifs is 1. The van der Waals surface area contributed by atoms with Crippen molar-refractivity contribution in [1.82, 2.24) is 14.5 Å². The molecule has 0 spiro atoms. The van der Waals surface area contributed by atoms with Gasteiger partial charge in [-0.05, 0) is 44.7 Å². The first-order valence-corrected chi connectivity index (χ1v) is 8.85. The topological polar surface area (TPSA) is 64.2 Å². The van der Waals surface area contributed by atoms with Gasteiger partial charge in [0.15, 0.2) is 5.58 Å². The molecule has 0 radical (unpaired) electrons. The van der Waals surface area contributed by atoms with Gasteiger partial charge in [0.2, 0.25) is 0 Å². The highest BCUT2D eigenvalue weighted by atomic mass is 19.1. The number of benzene rings is 1. The molecule has 1 fully saturated rings. The SMILES string of the molecule is Cc1ncn(CC2CCN(c3nc4cc(F)ccc4o3)CC2)c(=O)c1C. The van der Waals surface area contributed by atoms with Gasteiger partial charge >= 0.3 is 0 Å². The molecule has 1 aromatic carbocycles. The molecule has 0 unspecified atom stereocenters. The van der Waals surface area contributed by atoms with E-state index in [1.54, 1.807) is 17.0 Å². The highest BCUT2D eigenvalue weighted by Crippen LogP contribution is 2.27. The zero-order chi connectivity index (χ0) is 18.3. The van der Waals surface area contributed by atoms with Gasteiger partial charge in [-0.15, -0.1) is 0 Å². The van der Waals surface area contributed by atoms with Gasteiger partial charge in [0.1, 0.15) is 11.3 Å². The molecule has 1 aliphatic rings. The third kappa shape index (κ3) is 3.09. The van der Waals surface area contributed by atoms with Crippen molar-refractivity contribution in [2.45, 2.75) is 33.2 Å². The fourth-order valence-corrected chi connectivity index (χ4v) is 3.41. The third-order valence-electron chi connectivity index (χ3n) is 5.19. The van der Waals surface area contributed by atoms with Gasteiger partial charge < -0.3 is 9.32 Å². The third-order valence-corrected chi connectivity index (χ3v) is 5.19. The van der Waals surface area contributed by atoms with Gasteiger partial charge in [0, 0.05) is 37.0 Å². The van der Waals surface area contributed by atoms with Crippen LogP contribution in [-0.2, 0) is 6.54 Å². The number of piperidine rings is 1. The molecule has 7 heteroatoms. The highest BCUT2D eigenvalue weighted by molar-refractivity contribution is 5.74. The predicted octanol–water partition coefficient (Wildman–Crippen LogP) is 3.06. The summed E-state index contributed by atoms with van der Waals surface area (Å²) in [6, 6.07) is 4.90. The van der Waals surface area contributed by atoms with E-state index in [9.17, 15) is 9.18 Å². The van der Waals surface area contributed by atoms with Crippen molar-refractivity contribution in [3.63, 3.8) is 0 Å². The van der Waals surface area contributed by atoms with Crippen molar-refractivity contribution in [2.24, 2.45) is 5.92 Å². The largest absolute Gasteiger partial charge is 0.423 e. The van der Waals surface area contributed by atoms with E-state index in [1.165, 1.54) is 12.1 Å². The Morgan fingerprint density at radius 2 is 2.04 bits per heavy atom. The second kappa shape index (κ2) is 6.55. The van der Waals surface area contributed by atoms with Crippen molar-refractivity contribution in [3.05, 3.63) is 52.0 Å². The number of aryl methyl sites for hydroxylation is 1. The number of oxazole rings is 1. The molecule has 0 aliphatic carbocycles. The van der Waals surface area contributed by atoms with E-state index in [1.807, 2.05) is 13.8 Å². The van der Waals surface area contributed by atoms with Crippen LogP contribution in [0.15, 0.2) is 33.7 Å². The monoisotopic (exact) mass is 356 g/mol. The summed E-state index contributed by atoms with van der Waals surface area (Å²) in [6.07, 6.45) is 3.52. The smallest absolute Gasteiger partial charge is 0.298 e. The minimum Gasteiger partial charge on any atom is -0.423 e. The first kappa shape index (κ1) is 16.8. The zero-order valence-electron chi connectivity index (χ0n) is 14.9. The fraction of sp³-hybridized carbons (Fsp3) is 0.421. The Balaban J connectivity index is 1.43. The summed E-state index contributed by atoms with van der Waals surface area (Å²) in [6.45, 7) is 5.95. The maximum Gasteiger partial charge on any atom is 0.298 e. The molecule has 2 aromatic heterocycles. The average molecular weight is 356 g/mol. The summed E-state index contributed by atoms with van der Waals surface area (Å²) in [5.74, 6) is 0.0955. The lowest BCUT2D eigenvalue weighted by Crippen LogP contribution is -2.37. The molecule has 6 nitrogen and oxygen atoms in total. The van der Waals surface area contributed by atoms with Gasteiger partial charge in [-0.1, -0.05) is 0 Å². The molecule has 0 atom stereocenters. The van der Waals surface area contributed by atoms with Gasteiger partial charge in [-0.3, -0.25) is 9.36 Å². The van der Waals surface area contributed by atoms with Crippen LogP contribution in [0.25, 0.3) is 11.1 Å². The molecule has 0 amide bonds. The normalized spacial score (nSPS) is 15.7. The fourth-order valence-electron chi connectivity index (χ4n) is 3.41. The van der Waals surface area contributed by atoms with Crippen LogP contribution >= 0.6 is 0 Å². The zero-order valence-corrected chi connectivity index (χ0v) is 14.9. The van der Waals surface area contributed by atoms with Crippen LogP contribution in [0.1, 0.15) is 24.1 Å². The van der Waals surface area contributed by atoms with Crippen LogP contribution in [0.2, 0.25) is 0 Å². The van der Waals surface area contributed by atoms with E-state index < -0.39 is 0 Å². The van der Waals surface area contributed by atoms with Gasteiger partial charge in [-0.25, -0.2) is 9.37 Å². The Bertz CT molecular complexity index is 1000. The van der Waals surface area contributed by atoms with Crippen molar-refractivity contribution < 1.29 is 8.81 Å². The van der Waals surface area contributed by atoms with E-state index in [0.717, 1.165) is 31.6 Å². The molecule has 0 bridgehead atoms. The lowest BCUT2D eigenvalue weighted by molar-refractivity contribution is 0.342. The lowest BCUT2D eigenvalue weighted by atomic mass is 9.97. The molecule has 26 heavy (non-hydrogen) atoms. The minimum absolute atomic E-state index is 0.0425. The molecule has 0 N–H and O–H groups in total. The molecule has 3 aromatic rings. The Hall–Kier alpha value is -2.70. The maximum absolute atomic E-state index is 13.3. The number of aromatic nitrogens is 3. The van der Waals surface area contributed by atoms with Crippen molar-refractivity contribution in [1.29, 1.82) is 0 Å². The standard InChI is InChI=1S/C19H21FN4O2/c1-12-13(2)21-11-24(18(12)25)10-14-5-7-23(8-6-14)19-22-16-9-15(20)3-4-17(16)26-19/h3-4,9,11,14H,5-8,10H2,1-2H3. The molecule has 3 heterocycles. The van der Waals surface area contributed by atoms with Crippen LogP contribution in [-0.4, -0.2) is 27.6 Å². The summed E-state index contributed by atoms with van der Waals surface area (Å²) in [4.78, 5) is 23.1. The van der Waals surface area contributed by atoms with Gasteiger partial charge in [0.25, 0.3) is 11.6 Å². The second-order valence-electron chi connectivity index (χ2n) is 6.95. The number of nitrogens with zero attached hydrogens (tertiary/aromatic N) is 4. The van der Waals surface area contributed by atoms with E-state index in [2.05, 4.69) is 14.9 Å². The Morgan fingerprint density at radius 3 is 2.81 bits per heavy atom. The Morgan fingerprint density at radius 1 is 1.27 bits per heavy atom. The summed E-state index contributed by atoms with van der Waals surface area (Å²) in [5, 5.41) is 0. The van der Waals surface area contributed by atoms with E-state index in [-0.39, 0.29) is 11.4 Å². The first-order valence-electron chi connectivity index (χ1n) is 8.85. The molecular weight excluding hydrogens is 335 g/mol. The van der Waals surface area contributed by atoms with Gasteiger partial charge in [-0.2, -0.15) is 4.98 Å². The molecule has 1 aliphatic heterocycles. The van der Waals surface area contributed by atoms with Crippen molar-refractivity contribution in [3.8, 4) is 0 Å². The average Bonchev–Trinajstić information content (AvgIpc) is 3.06. The number of anilines is 1. The first-order chi connectivity index (χ1) is 12.5. The molecule has 0 saturated carbocycles. The number of rotatable bonds is 3. The molecular formula is C19H21FN4O2. The van der Waals surface area contributed by atoms with Crippen LogP contribution in [0.4, 0.5) is 10.4 Å². The summed E-state index contributed by atoms with van der Waals surface area (Å²) >= 11 is 0.